The average molecular weight is 287 g/mol. The summed E-state index contributed by atoms with van der Waals surface area (Å²) in [5.74, 6) is 0.519. The Hall–Kier alpha value is -1.15. The van der Waals surface area contributed by atoms with Crippen LogP contribution in [0.25, 0.3) is 6.08 Å². The molecule has 114 valence electrons. The summed E-state index contributed by atoms with van der Waals surface area (Å²) >= 11 is 0. The molecule has 1 aromatic carbocycles. The predicted octanol–water partition coefficient (Wildman–Crippen LogP) is 4.45. The summed E-state index contributed by atoms with van der Waals surface area (Å²) in [6, 6.07) is 4.27. The minimum Gasteiger partial charge on any atom is -0.316 e. The fourth-order valence-corrected chi connectivity index (χ4v) is 4.75. The maximum absolute atomic E-state index is 14.6. The molecule has 0 saturated heterocycles. The van der Waals surface area contributed by atoms with Gasteiger partial charge < -0.3 is 5.32 Å². The molecule has 0 radical (unpaired) electrons. The largest absolute Gasteiger partial charge is 0.316 e. The summed E-state index contributed by atoms with van der Waals surface area (Å²) in [6.45, 7) is 6.14. The molecule has 2 aliphatic rings. The Balaban J connectivity index is 2.18. The van der Waals surface area contributed by atoms with Gasteiger partial charge in [0.15, 0.2) is 0 Å². The highest BCUT2D eigenvalue weighted by molar-refractivity contribution is 5.53. The highest BCUT2D eigenvalue weighted by atomic mass is 19.1. The van der Waals surface area contributed by atoms with Crippen LogP contribution in [0.1, 0.15) is 55.7 Å². The maximum Gasteiger partial charge on any atom is 0.127 e. The second-order valence-corrected chi connectivity index (χ2v) is 6.98. The fourth-order valence-electron chi connectivity index (χ4n) is 4.75. The lowest BCUT2D eigenvalue weighted by Gasteiger charge is -2.49. The molecule has 1 N–H and O–H groups in total. The zero-order valence-electron chi connectivity index (χ0n) is 13.2. The molecule has 1 aromatic rings. The monoisotopic (exact) mass is 287 g/mol. The summed E-state index contributed by atoms with van der Waals surface area (Å²) in [5, 5.41) is 3.56. The molecule has 2 aliphatic carbocycles. The van der Waals surface area contributed by atoms with Crippen molar-refractivity contribution in [1.82, 2.24) is 5.32 Å². The lowest BCUT2D eigenvalue weighted by atomic mass is 9.59. The van der Waals surface area contributed by atoms with Gasteiger partial charge >= 0.3 is 0 Å². The zero-order chi connectivity index (χ0) is 15.0. The van der Waals surface area contributed by atoms with Gasteiger partial charge in [0.05, 0.1) is 0 Å². The van der Waals surface area contributed by atoms with Gasteiger partial charge in [-0.1, -0.05) is 44.9 Å². The van der Waals surface area contributed by atoms with Crippen molar-refractivity contribution in [3.05, 3.63) is 41.2 Å². The molecule has 0 aliphatic heterocycles. The SMILES string of the molecule is C=Cc1cc(F)c2c(c1)C1(C)CCCCCC(C2)C1NC. The Morgan fingerprint density at radius 2 is 2.14 bits per heavy atom. The zero-order valence-corrected chi connectivity index (χ0v) is 13.2. The van der Waals surface area contributed by atoms with Crippen molar-refractivity contribution in [2.24, 2.45) is 5.92 Å². The van der Waals surface area contributed by atoms with Crippen LogP contribution >= 0.6 is 0 Å². The van der Waals surface area contributed by atoms with Gasteiger partial charge in [0, 0.05) is 11.5 Å². The Morgan fingerprint density at radius 3 is 2.86 bits per heavy atom. The number of likely N-dealkylation sites (N-methyl/N-ethyl adjacent to an activating group) is 1. The summed E-state index contributed by atoms with van der Waals surface area (Å²) < 4.78 is 14.6. The Labute approximate surface area is 127 Å². The lowest BCUT2D eigenvalue weighted by molar-refractivity contribution is 0.172. The minimum absolute atomic E-state index is 0.0336. The number of nitrogens with one attached hydrogen (secondary N) is 1. The molecule has 2 bridgehead atoms. The molecule has 3 rings (SSSR count). The minimum atomic E-state index is -0.0336. The Bertz CT molecular complexity index is 551. The van der Waals surface area contributed by atoms with E-state index in [9.17, 15) is 4.39 Å². The lowest BCUT2D eigenvalue weighted by Crippen LogP contribution is -2.54. The second-order valence-electron chi connectivity index (χ2n) is 6.98. The van der Waals surface area contributed by atoms with E-state index in [0.29, 0.717) is 12.0 Å². The number of halogens is 1. The van der Waals surface area contributed by atoms with Crippen molar-refractivity contribution in [2.75, 3.05) is 7.05 Å². The van der Waals surface area contributed by atoms with Crippen LogP contribution in [0.4, 0.5) is 4.39 Å². The first-order valence-corrected chi connectivity index (χ1v) is 8.22. The van der Waals surface area contributed by atoms with E-state index in [4.69, 9.17) is 0 Å². The predicted molar refractivity (Wildman–Crippen MR) is 87.0 cm³/mol. The maximum atomic E-state index is 14.6. The molecule has 1 nitrogen and oxygen atoms in total. The summed E-state index contributed by atoms with van der Waals surface area (Å²) in [5.41, 5.74) is 3.12. The van der Waals surface area contributed by atoms with Crippen LogP contribution in [0, 0.1) is 11.7 Å². The van der Waals surface area contributed by atoms with Crippen LogP contribution in [0.3, 0.4) is 0 Å². The van der Waals surface area contributed by atoms with Crippen LogP contribution in [-0.2, 0) is 11.8 Å². The van der Waals surface area contributed by atoms with Crippen LogP contribution < -0.4 is 5.32 Å². The van der Waals surface area contributed by atoms with E-state index >= 15 is 0 Å². The quantitative estimate of drug-likeness (QED) is 0.847. The van der Waals surface area contributed by atoms with E-state index < -0.39 is 0 Å². The Kier molecular flexibility index (Phi) is 3.92. The molecule has 1 fully saturated rings. The van der Waals surface area contributed by atoms with Crippen molar-refractivity contribution >= 4 is 6.08 Å². The average Bonchev–Trinajstić information content (AvgIpc) is 2.46. The van der Waals surface area contributed by atoms with E-state index in [1.165, 1.54) is 31.2 Å². The van der Waals surface area contributed by atoms with E-state index in [0.717, 1.165) is 24.0 Å². The third-order valence-electron chi connectivity index (χ3n) is 5.77. The van der Waals surface area contributed by atoms with Crippen LogP contribution in [0.5, 0.6) is 0 Å². The van der Waals surface area contributed by atoms with Gasteiger partial charge in [-0.2, -0.15) is 0 Å². The number of hydrogen-bond acceptors (Lipinski definition) is 1. The van der Waals surface area contributed by atoms with Gasteiger partial charge in [-0.3, -0.25) is 0 Å². The summed E-state index contributed by atoms with van der Waals surface area (Å²) in [6.07, 6.45) is 8.81. The van der Waals surface area contributed by atoms with Crippen molar-refractivity contribution in [2.45, 2.75) is 56.9 Å². The van der Waals surface area contributed by atoms with Crippen LogP contribution in [0.2, 0.25) is 0 Å². The summed E-state index contributed by atoms with van der Waals surface area (Å²) in [4.78, 5) is 0. The molecular formula is C19H26FN. The number of fused-ring (bicyclic) bond motifs is 4. The standard InChI is InChI=1S/C19H26FN/c1-4-13-10-16-15(17(20)11-13)12-14-8-6-5-7-9-19(16,2)18(14)21-3/h4,10-11,14,18,21H,1,5-9,12H2,2-3H3. The Morgan fingerprint density at radius 1 is 1.33 bits per heavy atom. The third-order valence-corrected chi connectivity index (χ3v) is 5.77. The fraction of sp³-hybridized carbons (Fsp3) is 0.579. The molecule has 2 heteroatoms. The van der Waals surface area contributed by atoms with Gasteiger partial charge in [0.1, 0.15) is 5.82 Å². The second kappa shape index (κ2) is 5.57. The highest BCUT2D eigenvalue weighted by Crippen LogP contribution is 2.47. The van der Waals surface area contributed by atoms with Crippen LogP contribution in [0.15, 0.2) is 18.7 Å². The van der Waals surface area contributed by atoms with Crippen molar-refractivity contribution in [3.63, 3.8) is 0 Å². The van der Waals surface area contributed by atoms with Crippen molar-refractivity contribution < 1.29 is 4.39 Å². The molecule has 0 spiro atoms. The van der Waals surface area contributed by atoms with Gasteiger partial charge in [-0.25, -0.2) is 4.39 Å². The van der Waals surface area contributed by atoms with Gasteiger partial charge in [0.25, 0.3) is 0 Å². The molecule has 21 heavy (non-hydrogen) atoms. The topological polar surface area (TPSA) is 12.0 Å². The molecule has 1 saturated carbocycles. The summed E-state index contributed by atoms with van der Waals surface area (Å²) in [7, 11) is 2.07. The highest BCUT2D eigenvalue weighted by Gasteiger charge is 2.45. The van der Waals surface area contributed by atoms with E-state index in [1.807, 2.05) is 0 Å². The van der Waals surface area contributed by atoms with Gasteiger partial charge in [-0.15, -0.1) is 0 Å². The van der Waals surface area contributed by atoms with Crippen molar-refractivity contribution in [1.29, 1.82) is 0 Å². The van der Waals surface area contributed by atoms with Gasteiger partial charge in [0.2, 0.25) is 0 Å². The molecule has 3 atom stereocenters. The molecular weight excluding hydrogens is 261 g/mol. The number of benzene rings is 1. The number of hydrogen-bond donors (Lipinski definition) is 1. The molecule has 0 aromatic heterocycles. The van der Waals surface area contributed by atoms with E-state index in [-0.39, 0.29) is 11.2 Å². The third kappa shape index (κ3) is 2.34. The molecule has 0 amide bonds. The van der Waals surface area contributed by atoms with E-state index in [1.54, 1.807) is 12.1 Å². The van der Waals surface area contributed by atoms with Gasteiger partial charge in [-0.05, 0) is 55.0 Å². The molecule has 3 unspecified atom stereocenters. The normalized spacial score (nSPS) is 32.0. The first kappa shape index (κ1) is 14.8. The molecule has 0 heterocycles. The van der Waals surface area contributed by atoms with Crippen molar-refractivity contribution in [3.8, 4) is 0 Å². The smallest absolute Gasteiger partial charge is 0.127 e. The number of rotatable bonds is 2. The van der Waals surface area contributed by atoms with E-state index in [2.05, 4.69) is 31.9 Å². The first-order valence-electron chi connectivity index (χ1n) is 8.22. The van der Waals surface area contributed by atoms with Crippen LogP contribution in [-0.4, -0.2) is 13.1 Å². The first-order chi connectivity index (χ1) is 10.1.